The van der Waals surface area contributed by atoms with Crippen LogP contribution in [0.4, 0.5) is 13.2 Å². The molecule has 0 radical (unpaired) electrons. The van der Waals surface area contributed by atoms with Gasteiger partial charge in [0.2, 0.25) is 0 Å². The molecule has 0 saturated carbocycles. The molecule has 0 bridgehead atoms. The van der Waals surface area contributed by atoms with Gasteiger partial charge in [-0.1, -0.05) is 35.9 Å². The Balaban J connectivity index is 2.07. The highest BCUT2D eigenvalue weighted by molar-refractivity contribution is 9.11. The lowest BCUT2D eigenvalue weighted by Gasteiger charge is -2.16. The van der Waals surface area contributed by atoms with Gasteiger partial charge >= 0.3 is 0 Å². The van der Waals surface area contributed by atoms with Gasteiger partial charge < -0.3 is 0 Å². The zero-order valence-corrected chi connectivity index (χ0v) is 17.8. The van der Waals surface area contributed by atoms with Crippen LogP contribution in [0.3, 0.4) is 0 Å². The Morgan fingerprint density at radius 2 is 1.36 bits per heavy atom. The summed E-state index contributed by atoms with van der Waals surface area (Å²) in [5, 5.41) is 0. The molecule has 3 aromatic rings. The van der Waals surface area contributed by atoms with Crippen molar-refractivity contribution < 1.29 is 13.2 Å². The molecule has 0 amide bonds. The minimum atomic E-state index is -1.04. The number of aromatic nitrogens is 2. The highest BCUT2D eigenvalue weighted by atomic mass is 79.9. The number of allylic oxidation sites excluding steroid dienone is 4. The minimum absolute atomic E-state index is 0.0841. The molecule has 1 aromatic heterocycles. The van der Waals surface area contributed by atoms with E-state index in [1.54, 1.807) is 6.08 Å². The maximum Gasteiger partial charge on any atom is 0.176 e. The molecular weight excluding hydrogens is 497 g/mol. The van der Waals surface area contributed by atoms with Crippen LogP contribution in [0.5, 0.6) is 0 Å². The molecular formula is C21H13Br2F3N2. The van der Waals surface area contributed by atoms with Crippen molar-refractivity contribution in [2.24, 2.45) is 0 Å². The van der Waals surface area contributed by atoms with E-state index >= 15 is 0 Å². The number of aryl methyl sites for hydroxylation is 1. The Hall–Kier alpha value is -1.99. The van der Waals surface area contributed by atoms with Gasteiger partial charge in [0.05, 0.1) is 20.3 Å². The van der Waals surface area contributed by atoms with Crippen LogP contribution in [0.15, 0.2) is 51.2 Å². The highest BCUT2D eigenvalue weighted by Crippen LogP contribution is 2.38. The van der Waals surface area contributed by atoms with E-state index in [9.17, 15) is 13.2 Å². The molecule has 0 N–H and O–H groups in total. The molecule has 2 nitrogen and oxygen atoms in total. The van der Waals surface area contributed by atoms with Crippen LogP contribution < -0.4 is 0 Å². The topological polar surface area (TPSA) is 25.8 Å². The van der Waals surface area contributed by atoms with Gasteiger partial charge in [-0.15, -0.1) is 0 Å². The standard InChI is InChI=1S/C21H13Br2F3N2/c1-10-2-4-11(5-3-10)18-19(12-6-8-13(24)9-7-12)28-21-15(23)17(26)16(25)14(22)20(21)27-18/h2-6,8H,7,9H2,1H3. The molecule has 0 atom stereocenters. The number of hydrogen-bond donors (Lipinski definition) is 0. The third-order valence-electron chi connectivity index (χ3n) is 4.62. The maximum atomic E-state index is 14.2. The number of rotatable bonds is 2. The number of hydrogen-bond acceptors (Lipinski definition) is 2. The molecule has 28 heavy (non-hydrogen) atoms. The van der Waals surface area contributed by atoms with E-state index in [-0.39, 0.29) is 32.2 Å². The fourth-order valence-electron chi connectivity index (χ4n) is 3.09. The van der Waals surface area contributed by atoms with Gasteiger partial charge in [-0.3, -0.25) is 0 Å². The van der Waals surface area contributed by atoms with Crippen LogP contribution in [0.1, 0.15) is 24.1 Å². The summed E-state index contributed by atoms with van der Waals surface area (Å²) < 4.78 is 41.8. The van der Waals surface area contributed by atoms with Crippen molar-refractivity contribution in [2.75, 3.05) is 0 Å². The van der Waals surface area contributed by atoms with Gasteiger partial charge in [0.15, 0.2) is 11.6 Å². The van der Waals surface area contributed by atoms with Gasteiger partial charge in [-0.25, -0.2) is 23.1 Å². The molecule has 0 unspecified atom stereocenters. The number of nitrogens with zero attached hydrogens (tertiary/aromatic N) is 2. The third kappa shape index (κ3) is 3.31. The average Bonchev–Trinajstić information content (AvgIpc) is 2.71. The van der Waals surface area contributed by atoms with Gasteiger partial charge in [-0.2, -0.15) is 0 Å². The Bertz CT molecular complexity index is 1170. The Kier molecular flexibility index (Phi) is 5.14. The van der Waals surface area contributed by atoms with Crippen molar-refractivity contribution in [1.29, 1.82) is 0 Å². The first-order chi connectivity index (χ1) is 13.4. The van der Waals surface area contributed by atoms with Gasteiger partial charge in [0.25, 0.3) is 0 Å². The number of halogens is 5. The molecule has 1 aliphatic rings. The first-order valence-electron chi connectivity index (χ1n) is 8.53. The summed E-state index contributed by atoms with van der Waals surface area (Å²) in [6.07, 6.45) is 3.78. The molecule has 4 rings (SSSR count). The highest BCUT2D eigenvalue weighted by Gasteiger charge is 2.23. The van der Waals surface area contributed by atoms with Crippen LogP contribution in [0, 0.1) is 18.6 Å². The second kappa shape index (κ2) is 7.44. The Morgan fingerprint density at radius 1 is 0.786 bits per heavy atom. The van der Waals surface area contributed by atoms with Crippen molar-refractivity contribution in [1.82, 2.24) is 9.97 Å². The summed E-state index contributed by atoms with van der Waals surface area (Å²) in [4.78, 5) is 9.25. The van der Waals surface area contributed by atoms with E-state index in [2.05, 4.69) is 41.8 Å². The first-order valence-corrected chi connectivity index (χ1v) is 10.1. The largest absolute Gasteiger partial charge is 0.243 e. The average molecular weight is 510 g/mol. The molecule has 7 heteroatoms. The monoisotopic (exact) mass is 508 g/mol. The van der Waals surface area contributed by atoms with Crippen molar-refractivity contribution in [2.45, 2.75) is 19.8 Å². The predicted octanol–water partition coefficient (Wildman–Crippen LogP) is 7.44. The van der Waals surface area contributed by atoms with E-state index in [4.69, 9.17) is 0 Å². The smallest absolute Gasteiger partial charge is 0.176 e. The molecule has 142 valence electrons. The van der Waals surface area contributed by atoms with Crippen LogP contribution in [0.25, 0.3) is 27.9 Å². The molecule has 2 aromatic carbocycles. The Labute approximate surface area is 176 Å². The van der Waals surface area contributed by atoms with Crippen LogP contribution in [-0.4, -0.2) is 9.97 Å². The SMILES string of the molecule is Cc1ccc(-c2nc3c(Br)c(F)c(F)c(Br)c3nc2C2=CC=C(F)CC2)cc1. The van der Waals surface area contributed by atoms with Gasteiger partial charge in [0, 0.05) is 12.0 Å². The van der Waals surface area contributed by atoms with Crippen molar-refractivity contribution in [3.8, 4) is 11.3 Å². The molecule has 0 fully saturated rings. The molecule has 1 aliphatic carbocycles. The van der Waals surface area contributed by atoms with E-state index in [0.717, 1.165) is 16.7 Å². The zero-order valence-electron chi connectivity index (χ0n) is 14.7. The second-order valence-corrected chi connectivity index (χ2v) is 8.13. The Morgan fingerprint density at radius 3 is 1.89 bits per heavy atom. The predicted molar refractivity (Wildman–Crippen MR) is 111 cm³/mol. The lowest BCUT2D eigenvalue weighted by Crippen LogP contribution is -2.04. The van der Waals surface area contributed by atoms with Crippen LogP contribution in [0.2, 0.25) is 0 Å². The van der Waals surface area contributed by atoms with E-state index in [1.807, 2.05) is 31.2 Å². The summed E-state index contributed by atoms with van der Waals surface area (Å²) in [5.41, 5.74) is 4.14. The molecule has 0 aliphatic heterocycles. The number of fused-ring (bicyclic) bond motifs is 1. The summed E-state index contributed by atoms with van der Waals surface area (Å²) >= 11 is 6.19. The van der Waals surface area contributed by atoms with Crippen LogP contribution >= 0.6 is 31.9 Å². The van der Waals surface area contributed by atoms with E-state index in [0.29, 0.717) is 17.8 Å². The van der Waals surface area contributed by atoms with Crippen molar-refractivity contribution >= 4 is 48.5 Å². The fraction of sp³-hybridized carbons (Fsp3) is 0.143. The molecule has 0 saturated heterocycles. The van der Waals surface area contributed by atoms with Gasteiger partial charge in [-0.05, 0) is 56.9 Å². The first kappa shape index (κ1) is 19.3. The van der Waals surface area contributed by atoms with E-state index in [1.165, 1.54) is 6.08 Å². The van der Waals surface area contributed by atoms with Gasteiger partial charge in [0.1, 0.15) is 16.9 Å². The van der Waals surface area contributed by atoms with Crippen LogP contribution in [-0.2, 0) is 0 Å². The quantitative estimate of drug-likeness (QED) is 0.265. The normalized spacial score (nSPS) is 14.2. The van der Waals surface area contributed by atoms with E-state index < -0.39 is 11.6 Å². The third-order valence-corrected chi connectivity index (χ3v) is 6.06. The zero-order chi connectivity index (χ0) is 20.0. The molecule has 0 spiro atoms. The fourth-order valence-corrected chi connectivity index (χ4v) is 3.99. The lowest BCUT2D eigenvalue weighted by molar-refractivity contribution is 0.502. The summed E-state index contributed by atoms with van der Waals surface area (Å²) in [6, 6.07) is 7.68. The lowest BCUT2D eigenvalue weighted by atomic mass is 9.96. The second-order valence-electron chi connectivity index (χ2n) is 6.55. The molecule has 1 heterocycles. The number of benzene rings is 2. The van der Waals surface area contributed by atoms with Crippen molar-refractivity contribution in [3.05, 3.63) is 74.1 Å². The summed E-state index contributed by atoms with van der Waals surface area (Å²) in [6.45, 7) is 1.97. The summed E-state index contributed by atoms with van der Waals surface area (Å²) in [5.74, 6) is -2.27. The summed E-state index contributed by atoms with van der Waals surface area (Å²) in [7, 11) is 0. The maximum absolute atomic E-state index is 14.2. The minimum Gasteiger partial charge on any atom is -0.243 e. The van der Waals surface area contributed by atoms with Crippen molar-refractivity contribution in [3.63, 3.8) is 0 Å².